The maximum atomic E-state index is 6.86. The summed E-state index contributed by atoms with van der Waals surface area (Å²) < 4.78 is 15.3. The molecule has 0 bridgehead atoms. The quantitative estimate of drug-likeness (QED) is 0.176. The third kappa shape index (κ3) is 5.01. The zero-order chi connectivity index (χ0) is 37.5. The van der Waals surface area contributed by atoms with Gasteiger partial charge in [0.1, 0.15) is 22.3 Å². The average molecular weight is 731 g/mol. The van der Waals surface area contributed by atoms with E-state index in [1.54, 1.807) is 0 Å². The number of fused-ring (bicyclic) bond motifs is 9. The van der Waals surface area contributed by atoms with Crippen molar-refractivity contribution < 1.29 is 8.83 Å². The Labute approximate surface area is 325 Å². The SMILES string of the molecule is c1ccc(-c2ccc(-c3nc(-c4ccc5oc6ccccc6c5c4)nc(-c4cccc5c4oc4cc6c(cc45)c4ccccc4n6-c4ccccc4)n3)cc2)cc1. The molecule has 12 rings (SSSR count). The van der Waals surface area contributed by atoms with Gasteiger partial charge in [-0.2, -0.15) is 0 Å². The van der Waals surface area contributed by atoms with Gasteiger partial charge in [0.05, 0.1) is 16.6 Å². The first-order valence-corrected chi connectivity index (χ1v) is 19.0. The first-order chi connectivity index (χ1) is 28.2. The molecule has 57 heavy (non-hydrogen) atoms. The molecule has 0 aliphatic carbocycles. The number of furan rings is 2. The second-order valence-corrected chi connectivity index (χ2v) is 14.4. The number of hydrogen-bond acceptors (Lipinski definition) is 5. The average Bonchev–Trinajstić information content (AvgIpc) is 3.95. The smallest absolute Gasteiger partial charge is 0.167 e. The molecule has 4 aromatic heterocycles. The molecule has 0 aliphatic rings. The summed E-state index contributed by atoms with van der Waals surface area (Å²) >= 11 is 0. The van der Waals surface area contributed by atoms with Gasteiger partial charge in [0.15, 0.2) is 17.5 Å². The highest BCUT2D eigenvalue weighted by Gasteiger charge is 2.21. The van der Waals surface area contributed by atoms with Crippen LogP contribution in [0.4, 0.5) is 0 Å². The third-order valence-corrected chi connectivity index (χ3v) is 11.1. The Morgan fingerprint density at radius 3 is 1.79 bits per heavy atom. The van der Waals surface area contributed by atoms with E-state index in [1.807, 2.05) is 48.5 Å². The van der Waals surface area contributed by atoms with Crippen LogP contribution in [0.25, 0.3) is 117 Å². The molecule has 0 fully saturated rings. The molecule has 0 atom stereocenters. The summed E-state index contributed by atoms with van der Waals surface area (Å²) in [5.74, 6) is 1.68. The summed E-state index contributed by atoms with van der Waals surface area (Å²) in [6.07, 6.45) is 0. The van der Waals surface area contributed by atoms with E-state index in [2.05, 4.69) is 138 Å². The molecule has 0 unspecified atom stereocenters. The largest absolute Gasteiger partial charge is 0.456 e. The van der Waals surface area contributed by atoms with Crippen LogP contribution in [0.2, 0.25) is 0 Å². The standard InChI is InChI=1S/C51H30N4O2/c1-3-12-31(13-4-1)32-22-24-33(25-23-32)49-52-50(34-26-27-46-41(28-34)37-17-8-10-21-45(37)56-46)54-51(53-49)39-19-11-18-38-42-29-40-36-16-7-9-20-43(36)55(35-14-5-2-6-15-35)44(40)30-47(42)57-48(38)39/h1-30H. The van der Waals surface area contributed by atoms with E-state index >= 15 is 0 Å². The molecule has 0 amide bonds. The number of hydrogen-bond donors (Lipinski definition) is 0. The second-order valence-electron chi connectivity index (χ2n) is 14.4. The van der Waals surface area contributed by atoms with Crippen molar-refractivity contribution in [2.24, 2.45) is 0 Å². The van der Waals surface area contributed by atoms with Gasteiger partial charge in [0, 0.05) is 55.2 Å². The van der Waals surface area contributed by atoms with Crippen LogP contribution in [-0.2, 0) is 0 Å². The highest BCUT2D eigenvalue weighted by molar-refractivity contribution is 6.18. The van der Waals surface area contributed by atoms with Crippen molar-refractivity contribution in [1.29, 1.82) is 0 Å². The number of rotatable bonds is 5. The Hall–Kier alpha value is -7.83. The molecular formula is C51H30N4O2. The van der Waals surface area contributed by atoms with Crippen LogP contribution in [0.15, 0.2) is 191 Å². The Morgan fingerprint density at radius 1 is 0.333 bits per heavy atom. The fourth-order valence-electron chi connectivity index (χ4n) is 8.35. The van der Waals surface area contributed by atoms with Crippen LogP contribution in [0, 0.1) is 0 Å². The number of nitrogens with zero attached hydrogens (tertiary/aromatic N) is 4. The van der Waals surface area contributed by atoms with Crippen molar-refractivity contribution >= 4 is 65.7 Å². The van der Waals surface area contributed by atoms with E-state index < -0.39 is 0 Å². The van der Waals surface area contributed by atoms with E-state index in [0.29, 0.717) is 17.5 Å². The molecule has 6 nitrogen and oxygen atoms in total. The van der Waals surface area contributed by atoms with Gasteiger partial charge in [-0.1, -0.05) is 121 Å². The van der Waals surface area contributed by atoms with Gasteiger partial charge in [0.25, 0.3) is 0 Å². The van der Waals surface area contributed by atoms with Gasteiger partial charge >= 0.3 is 0 Å². The lowest BCUT2D eigenvalue weighted by atomic mass is 10.0. The molecule has 0 saturated heterocycles. The summed E-state index contributed by atoms with van der Waals surface area (Å²) in [5, 5.41) is 6.46. The molecule has 0 saturated carbocycles. The first kappa shape index (κ1) is 31.5. The molecule has 6 heteroatoms. The van der Waals surface area contributed by atoms with Crippen molar-refractivity contribution in [3.8, 4) is 51.0 Å². The Balaban J connectivity index is 1.07. The zero-order valence-corrected chi connectivity index (χ0v) is 30.4. The fraction of sp³-hybridized carbons (Fsp3) is 0. The van der Waals surface area contributed by atoms with Crippen LogP contribution in [0.3, 0.4) is 0 Å². The van der Waals surface area contributed by atoms with Crippen LogP contribution in [-0.4, -0.2) is 19.5 Å². The van der Waals surface area contributed by atoms with E-state index in [-0.39, 0.29) is 0 Å². The van der Waals surface area contributed by atoms with Crippen molar-refractivity contribution in [1.82, 2.24) is 19.5 Å². The highest BCUT2D eigenvalue weighted by atomic mass is 16.3. The summed E-state index contributed by atoms with van der Waals surface area (Å²) in [6, 6.07) is 62.7. The molecule has 0 radical (unpaired) electrons. The van der Waals surface area contributed by atoms with E-state index in [1.165, 1.54) is 10.8 Å². The lowest BCUT2D eigenvalue weighted by Gasteiger charge is -2.09. The summed E-state index contributed by atoms with van der Waals surface area (Å²) in [7, 11) is 0. The third-order valence-electron chi connectivity index (χ3n) is 11.1. The molecular weight excluding hydrogens is 701 g/mol. The van der Waals surface area contributed by atoms with Gasteiger partial charge < -0.3 is 13.4 Å². The van der Waals surface area contributed by atoms with Gasteiger partial charge in [0.2, 0.25) is 0 Å². The molecule has 0 aliphatic heterocycles. The Bertz CT molecular complexity index is 3510. The molecule has 12 aromatic rings. The minimum Gasteiger partial charge on any atom is -0.456 e. The molecule has 4 heterocycles. The monoisotopic (exact) mass is 730 g/mol. The predicted molar refractivity (Wildman–Crippen MR) is 230 cm³/mol. The lowest BCUT2D eigenvalue weighted by Crippen LogP contribution is -2.00. The van der Waals surface area contributed by atoms with Crippen LogP contribution in [0.5, 0.6) is 0 Å². The maximum absolute atomic E-state index is 6.86. The van der Waals surface area contributed by atoms with E-state index in [0.717, 1.165) is 88.4 Å². The van der Waals surface area contributed by atoms with Crippen molar-refractivity contribution in [3.63, 3.8) is 0 Å². The minimum absolute atomic E-state index is 0.535. The summed E-state index contributed by atoms with van der Waals surface area (Å²) in [4.78, 5) is 15.4. The predicted octanol–water partition coefficient (Wildman–Crippen LogP) is 13.4. The molecule has 0 N–H and O–H groups in total. The van der Waals surface area contributed by atoms with Crippen LogP contribution >= 0.6 is 0 Å². The first-order valence-electron chi connectivity index (χ1n) is 19.0. The molecule has 266 valence electrons. The Morgan fingerprint density at radius 2 is 0.947 bits per heavy atom. The Kier molecular flexibility index (Phi) is 6.83. The van der Waals surface area contributed by atoms with Crippen molar-refractivity contribution in [2.45, 2.75) is 0 Å². The molecule has 0 spiro atoms. The van der Waals surface area contributed by atoms with Gasteiger partial charge in [-0.3, -0.25) is 0 Å². The van der Waals surface area contributed by atoms with Crippen molar-refractivity contribution in [2.75, 3.05) is 0 Å². The normalized spacial score (nSPS) is 11.9. The summed E-state index contributed by atoms with van der Waals surface area (Å²) in [5.41, 5.74) is 11.4. The minimum atomic E-state index is 0.535. The van der Waals surface area contributed by atoms with Gasteiger partial charge in [-0.15, -0.1) is 0 Å². The van der Waals surface area contributed by atoms with Gasteiger partial charge in [-0.05, 0) is 65.7 Å². The lowest BCUT2D eigenvalue weighted by molar-refractivity contribution is 0.669. The molecule has 8 aromatic carbocycles. The van der Waals surface area contributed by atoms with Crippen LogP contribution in [0.1, 0.15) is 0 Å². The zero-order valence-electron chi connectivity index (χ0n) is 30.4. The number of para-hydroxylation sites is 4. The van der Waals surface area contributed by atoms with E-state index in [4.69, 9.17) is 23.8 Å². The number of aromatic nitrogens is 4. The fourth-order valence-corrected chi connectivity index (χ4v) is 8.35. The van der Waals surface area contributed by atoms with Crippen LogP contribution < -0.4 is 0 Å². The number of benzene rings is 8. The van der Waals surface area contributed by atoms with Gasteiger partial charge in [-0.25, -0.2) is 15.0 Å². The second kappa shape index (κ2) is 12.3. The highest BCUT2D eigenvalue weighted by Crippen LogP contribution is 2.41. The summed E-state index contributed by atoms with van der Waals surface area (Å²) in [6.45, 7) is 0. The topological polar surface area (TPSA) is 69.9 Å². The van der Waals surface area contributed by atoms with Crippen molar-refractivity contribution in [3.05, 3.63) is 182 Å². The maximum Gasteiger partial charge on any atom is 0.167 e. The van der Waals surface area contributed by atoms with E-state index in [9.17, 15) is 0 Å².